The van der Waals surface area contributed by atoms with Gasteiger partial charge in [-0.05, 0) is 64.0 Å². The number of amides is 4. The van der Waals surface area contributed by atoms with Gasteiger partial charge in [0.2, 0.25) is 17.7 Å². The van der Waals surface area contributed by atoms with E-state index in [4.69, 9.17) is 4.74 Å². The van der Waals surface area contributed by atoms with Gasteiger partial charge in [-0.2, -0.15) is 5.26 Å². The van der Waals surface area contributed by atoms with Crippen molar-refractivity contribution in [3.63, 3.8) is 0 Å². The highest BCUT2D eigenvalue weighted by Crippen LogP contribution is 2.17. The molecule has 44 heavy (non-hydrogen) atoms. The summed E-state index contributed by atoms with van der Waals surface area (Å²) >= 11 is 0. The van der Waals surface area contributed by atoms with Gasteiger partial charge in [0, 0.05) is 18.0 Å². The molecule has 0 saturated carbocycles. The molecule has 0 aliphatic carbocycles. The summed E-state index contributed by atoms with van der Waals surface area (Å²) in [5.41, 5.74) is 1.81. The van der Waals surface area contributed by atoms with Crippen LogP contribution in [0.5, 0.6) is 5.75 Å². The minimum absolute atomic E-state index is 0.0923. The number of hydrogen-bond acceptors (Lipinski definition) is 7. The molecule has 0 fully saturated rings. The van der Waals surface area contributed by atoms with Crippen molar-refractivity contribution in [3.05, 3.63) is 70.8 Å². The minimum atomic E-state index is -1.30. The first-order valence-electron chi connectivity index (χ1n) is 14.4. The van der Waals surface area contributed by atoms with Crippen molar-refractivity contribution in [3.8, 4) is 11.8 Å². The number of carbonyl (C=O) groups excluding carboxylic acids is 4. The van der Waals surface area contributed by atoms with Gasteiger partial charge in [-0.15, -0.1) is 0 Å². The maximum Gasteiger partial charge on any atom is 0.262 e. The summed E-state index contributed by atoms with van der Waals surface area (Å²) in [6, 6.07) is 13.6. The van der Waals surface area contributed by atoms with Crippen LogP contribution in [-0.2, 0) is 25.7 Å². The van der Waals surface area contributed by atoms with E-state index in [1.54, 1.807) is 38.1 Å². The van der Waals surface area contributed by atoms with Gasteiger partial charge in [-0.25, -0.2) is 0 Å². The maximum absolute atomic E-state index is 13.3. The number of aryl methyl sites for hydroxylation is 1. The average molecular weight is 606 g/mol. The van der Waals surface area contributed by atoms with Gasteiger partial charge >= 0.3 is 0 Å². The van der Waals surface area contributed by atoms with E-state index in [0.717, 1.165) is 11.1 Å². The molecule has 0 radical (unpaired) electrons. The molecule has 2 aromatic rings. The van der Waals surface area contributed by atoms with Gasteiger partial charge in [0.25, 0.3) is 5.91 Å². The molecular formula is C33H43N5O6. The number of nitrogens with zero attached hydrogens (tertiary/aromatic N) is 1. The molecule has 2 rings (SSSR count). The number of hydrogen-bond donors (Lipinski definition) is 5. The first-order chi connectivity index (χ1) is 20.6. The van der Waals surface area contributed by atoms with Crippen molar-refractivity contribution in [2.45, 2.75) is 78.7 Å². The second kappa shape index (κ2) is 16.2. The molecule has 4 amide bonds. The van der Waals surface area contributed by atoms with Gasteiger partial charge < -0.3 is 31.1 Å². The van der Waals surface area contributed by atoms with E-state index in [0.29, 0.717) is 11.3 Å². The SMILES string of the molecule is Cc1ccc(CNC(=O)C(COc2cccc(C=C(C#N)C(=O)NC(C)(C)C)c2)NC(=O)C(NC(=O)C(C)C)C(C)O)cc1. The lowest BCUT2D eigenvalue weighted by atomic mass is 10.1. The second-order valence-electron chi connectivity index (χ2n) is 11.9. The Morgan fingerprint density at radius 3 is 2.20 bits per heavy atom. The molecule has 0 aromatic heterocycles. The van der Waals surface area contributed by atoms with Crippen LogP contribution in [0.4, 0.5) is 0 Å². The number of aliphatic hydroxyl groups is 1. The number of carbonyl (C=O) groups is 4. The fourth-order valence-corrected chi connectivity index (χ4v) is 3.78. The molecule has 0 aliphatic heterocycles. The summed E-state index contributed by atoms with van der Waals surface area (Å²) in [5, 5.41) is 30.4. The average Bonchev–Trinajstić information content (AvgIpc) is 2.95. The van der Waals surface area contributed by atoms with Crippen LogP contribution in [0, 0.1) is 24.2 Å². The van der Waals surface area contributed by atoms with E-state index in [2.05, 4.69) is 21.3 Å². The van der Waals surface area contributed by atoms with Crippen molar-refractivity contribution in [1.82, 2.24) is 21.3 Å². The Morgan fingerprint density at radius 1 is 0.977 bits per heavy atom. The maximum atomic E-state index is 13.3. The summed E-state index contributed by atoms with van der Waals surface area (Å²) < 4.78 is 5.88. The lowest BCUT2D eigenvalue weighted by Crippen LogP contribution is -2.58. The Morgan fingerprint density at radius 2 is 1.64 bits per heavy atom. The van der Waals surface area contributed by atoms with Crippen molar-refractivity contribution < 1.29 is 29.0 Å². The highest BCUT2D eigenvalue weighted by atomic mass is 16.5. The van der Waals surface area contributed by atoms with Crippen LogP contribution in [0.25, 0.3) is 6.08 Å². The summed E-state index contributed by atoms with van der Waals surface area (Å²) in [6.45, 7) is 12.0. The number of aliphatic hydroxyl groups excluding tert-OH is 1. The Bertz CT molecular complexity index is 1390. The molecule has 0 spiro atoms. The number of ether oxygens (including phenoxy) is 1. The number of rotatable bonds is 13. The molecule has 0 aliphatic rings. The van der Waals surface area contributed by atoms with Crippen molar-refractivity contribution in [1.29, 1.82) is 5.26 Å². The topological polar surface area (TPSA) is 170 Å². The Hall–Kier alpha value is -4.69. The highest BCUT2D eigenvalue weighted by molar-refractivity contribution is 6.02. The largest absolute Gasteiger partial charge is 0.491 e. The van der Waals surface area contributed by atoms with Crippen LogP contribution in [0.3, 0.4) is 0 Å². The fourth-order valence-electron chi connectivity index (χ4n) is 3.78. The van der Waals surface area contributed by atoms with E-state index in [9.17, 15) is 29.5 Å². The van der Waals surface area contributed by atoms with Crippen LogP contribution in [0.1, 0.15) is 58.2 Å². The van der Waals surface area contributed by atoms with Gasteiger partial charge in [0.05, 0.1) is 6.10 Å². The minimum Gasteiger partial charge on any atom is -0.491 e. The van der Waals surface area contributed by atoms with E-state index in [1.807, 2.05) is 58.0 Å². The lowest BCUT2D eigenvalue weighted by molar-refractivity contribution is -0.135. The molecule has 236 valence electrons. The molecule has 3 atom stereocenters. The molecule has 0 bridgehead atoms. The normalized spacial score (nSPS) is 13.6. The molecule has 11 nitrogen and oxygen atoms in total. The highest BCUT2D eigenvalue weighted by Gasteiger charge is 2.30. The van der Waals surface area contributed by atoms with Crippen molar-refractivity contribution in [2.75, 3.05) is 6.61 Å². The van der Waals surface area contributed by atoms with E-state index >= 15 is 0 Å². The van der Waals surface area contributed by atoms with Gasteiger partial charge in [-0.1, -0.05) is 55.8 Å². The van der Waals surface area contributed by atoms with Crippen molar-refractivity contribution >= 4 is 29.7 Å². The molecule has 5 N–H and O–H groups in total. The van der Waals surface area contributed by atoms with Gasteiger partial charge in [0.1, 0.15) is 36.1 Å². The smallest absolute Gasteiger partial charge is 0.262 e. The molecule has 2 aromatic carbocycles. The standard InChI is InChI=1S/C33H43N5O6/c1-20(2)29(40)37-28(22(4)39)32(43)36-27(31(42)35-18-23-13-11-21(3)12-14-23)19-44-26-10-8-9-24(16-26)15-25(17-34)30(41)38-33(5,6)7/h8-16,20,22,27-28,39H,18-19H2,1-7H3,(H,35,42)(H,36,43)(H,37,40)(H,38,41). The molecule has 0 heterocycles. The third-order valence-corrected chi connectivity index (χ3v) is 6.25. The van der Waals surface area contributed by atoms with E-state index in [-0.39, 0.29) is 18.7 Å². The quantitative estimate of drug-likeness (QED) is 0.173. The summed E-state index contributed by atoms with van der Waals surface area (Å²) in [6.07, 6.45) is 0.190. The summed E-state index contributed by atoms with van der Waals surface area (Å²) in [7, 11) is 0. The number of nitrogens with one attached hydrogen (secondary N) is 4. The zero-order valence-electron chi connectivity index (χ0n) is 26.4. The second-order valence-corrected chi connectivity index (χ2v) is 11.9. The summed E-state index contributed by atoms with van der Waals surface area (Å²) in [5.74, 6) is -2.35. The predicted octanol–water partition coefficient (Wildman–Crippen LogP) is 2.52. The number of benzene rings is 2. The van der Waals surface area contributed by atoms with Crippen LogP contribution >= 0.6 is 0 Å². The molecule has 0 saturated heterocycles. The number of nitriles is 1. The summed E-state index contributed by atoms with van der Waals surface area (Å²) in [4.78, 5) is 51.2. The third kappa shape index (κ3) is 11.9. The zero-order valence-corrected chi connectivity index (χ0v) is 26.4. The zero-order chi connectivity index (χ0) is 33.0. The van der Waals surface area contributed by atoms with Crippen molar-refractivity contribution in [2.24, 2.45) is 5.92 Å². The van der Waals surface area contributed by atoms with E-state index < -0.39 is 53.3 Å². The van der Waals surface area contributed by atoms with Gasteiger partial charge in [-0.3, -0.25) is 19.2 Å². The monoisotopic (exact) mass is 605 g/mol. The Labute approximate surface area is 259 Å². The third-order valence-electron chi connectivity index (χ3n) is 6.25. The first kappa shape index (κ1) is 35.5. The Kier molecular flexibility index (Phi) is 13.1. The lowest BCUT2D eigenvalue weighted by Gasteiger charge is -2.25. The van der Waals surface area contributed by atoms with Crippen LogP contribution in [0.15, 0.2) is 54.1 Å². The van der Waals surface area contributed by atoms with Crippen LogP contribution in [-0.4, -0.2) is 59.1 Å². The molecule has 11 heteroatoms. The molecule has 3 unspecified atom stereocenters. The Balaban J connectivity index is 2.25. The fraction of sp³-hybridized carbons (Fsp3) is 0.424. The van der Waals surface area contributed by atoms with Crippen LogP contribution < -0.4 is 26.0 Å². The van der Waals surface area contributed by atoms with E-state index in [1.165, 1.54) is 13.0 Å². The first-order valence-corrected chi connectivity index (χ1v) is 14.4. The van der Waals surface area contributed by atoms with Gasteiger partial charge in [0.15, 0.2) is 0 Å². The predicted molar refractivity (Wildman–Crippen MR) is 167 cm³/mol. The van der Waals surface area contributed by atoms with Crippen LogP contribution in [0.2, 0.25) is 0 Å². The molecular weight excluding hydrogens is 562 g/mol.